The first kappa shape index (κ1) is 16.9. The van der Waals surface area contributed by atoms with Crippen molar-refractivity contribution in [2.75, 3.05) is 17.7 Å². The molecule has 3 aromatic rings. The number of rotatable bonds is 5. The van der Waals surface area contributed by atoms with Gasteiger partial charge in [-0.15, -0.1) is 10.2 Å². The highest BCUT2D eigenvalue weighted by atomic mass is 16.5. The molecular weight excluding hydrogens is 330 g/mol. The molecule has 0 bridgehead atoms. The highest BCUT2D eigenvalue weighted by Crippen LogP contribution is 2.25. The molecule has 0 fully saturated rings. The van der Waals surface area contributed by atoms with E-state index in [0.29, 0.717) is 22.8 Å². The van der Waals surface area contributed by atoms with Gasteiger partial charge in [0.05, 0.1) is 24.4 Å². The van der Waals surface area contributed by atoms with Crippen LogP contribution < -0.4 is 15.4 Å². The van der Waals surface area contributed by atoms with Crippen LogP contribution in [0.15, 0.2) is 60.7 Å². The zero-order valence-electron chi connectivity index (χ0n) is 13.9. The van der Waals surface area contributed by atoms with Gasteiger partial charge >= 0.3 is 0 Å². The minimum Gasteiger partial charge on any atom is -0.495 e. The van der Waals surface area contributed by atoms with Crippen molar-refractivity contribution in [1.82, 2.24) is 10.2 Å². The van der Waals surface area contributed by atoms with E-state index >= 15 is 0 Å². The normalized spacial score (nSPS) is 9.85. The molecule has 1 heterocycles. The van der Waals surface area contributed by atoms with Gasteiger partial charge in [0.15, 0.2) is 11.5 Å². The lowest BCUT2D eigenvalue weighted by atomic mass is 10.2. The van der Waals surface area contributed by atoms with Crippen molar-refractivity contribution in [2.45, 2.75) is 0 Å². The summed E-state index contributed by atoms with van der Waals surface area (Å²) in [6, 6.07) is 19.3. The van der Waals surface area contributed by atoms with E-state index in [0.717, 1.165) is 5.69 Å². The zero-order valence-corrected chi connectivity index (χ0v) is 13.9. The first-order valence-corrected chi connectivity index (χ1v) is 7.75. The maximum absolute atomic E-state index is 12.2. The predicted molar refractivity (Wildman–Crippen MR) is 97.4 cm³/mol. The number of nitrogens with one attached hydrogen (secondary N) is 2. The van der Waals surface area contributed by atoms with Crippen molar-refractivity contribution in [3.63, 3.8) is 0 Å². The highest BCUT2D eigenvalue weighted by molar-refractivity contribution is 6.02. The molecule has 0 aliphatic rings. The van der Waals surface area contributed by atoms with E-state index in [2.05, 4.69) is 20.8 Å². The minimum absolute atomic E-state index is 0.165. The summed E-state index contributed by atoms with van der Waals surface area (Å²) in [5.41, 5.74) is 1.89. The quantitative estimate of drug-likeness (QED) is 0.735. The summed E-state index contributed by atoms with van der Waals surface area (Å²) >= 11 is 0. The molecule has 0 saturated carbocycles. The van der Waals surface area contributed by atoms with Crippen LogP contribution >= 0.6 is 0 Å². The molecule has 1 amide bonds. The summed E-state index contributed by atoms with van der Waals surface area (Å²) in [5, 5.41) is 22.6. The second-order valence-corrected chi connectivity index (χ2v) is 5.28. The number of hydrogen-bond acceptors (Lipinski definition) is 6. The lowest BCUT2D eigenvalue weighted by molar-refractivity contribution is 0.102. The van der Waals surface area contributed by atoms with E-state index in [-0.39, 0.29) is 5.69 Å². The lowest BCUT2D eigenvalue weighted by Crippen LogP contribution is -2.14. The monoisotopic (exact) mass is 345 g/mol. The third kappa shape index (κ3) is 3.94. The Bertz CT molecular complexity index is 964. The number of aromatic nitrogens is 2. The number of nitriles is 1. The molecule has 0 atom stereocenters. The van der Waals surface area contributed by atoms with Crippen LogP contribution in [0.25, 0.3) is 0 Å². The number of ether oxygens (including phenoxy) is 1. The van der Waals surface area contributed by atoms with Crippen LogP contribution in [0.5, 0.6) is 5.75 Å². The lowest BCUT2D eigenvalue weighted by Gasteiger charge is -2.10. The maximum atomic E-state index is 12.2. The van der Waals surface area contributed by atoms with Crippen molar-refractivity contribution < 1.29 is 9.53 Å². The van der Waals surface area contributed by atoms with Crippen molar-refractivity contribution in [1.29, 1.82) is 5.26 Å². The Morgan fingerprint density at radius 2 is 1.92 bits per heavy atom. The molecule has 7 nitrogen and oxygen atoms in total. The van der Waals surface area contributed by atoms with Gasteiger partial charge in [0.1, 0.15) is 5.75 Å². The van der Waals surface area contributed by atoms with Crippen LogP contribution in [0.4, 0.5) is 17.2 Å². The number of nitrogens with zero attached hydrogens (tertiary/aromatic N) is 3. The Morgan fingerprint density at radius 1 is 1.08 bits per heavy atom. The van der Waals surface area contributed by atoms with Crippen LogP contribution in [0.3, 0.4) is 0 Å². The standard InChI is InChI=1S/C19H15N5O2/c1-26-17-8-3-2-7-15(17)22-18-10-9-16(23-24-18)19(25)21-14-6-4-5-13(11-14)12-20/h2-11H,1H3,(H,21,25)(H,22,24). The summed E-state index contributed by atoms with van der Waals surface area (Å²) in [6.07, 6.45) is 0. The van der Waals surface area contributed by atoms with Crippen molar-refractivity contribution in [2.24, 2.45) is 0 Å². The van der Waals surface area contributed by atoms with Crippen LogP contribution in [0, 0.1) is 11.3 Å². The van der Waals surface area contributed by atoms with Crippen LogP contribution in [-0.2, 0) is 0 Å². The van der Waals surface area contributed by atoms with Crippen LogP contribution in [0.1, 0.15) is 16.1 Å². The predicted octanol–water partition coefficient (Wildman–Crippen LogP) is 3.35. The van der Waals surface area contributed by atoms with Crippen LogP contribution in [-0.4, -0.2) is 23.2 Å². The molecule has 2 aromatic carbocycles. The number of carbonyl (C=O) groups is 1. The number of carbonyl (C=O) groups excluding carboxylic acids is 1. The maximum Gasteiger partial charge on any atom is 0.276 e. The third-order valence-electron chi connectivity index (χ3n) is 3.52. The fraction of sp³-hybridized carbons (Fsp3) is 0.0526. The van der Waals surface area contributed by atoms with Gasteiger partial charge in [0, 0.05) is 5.69 Å². The second kappa shape index (κ2) is 7.77. The Morgan fingerprint density at radius 3 is 2.65 bits per heavy atom. The van der Waals surface area contributed by atoms with E-state index < -0.39 is 5.91 Å². The largest absolute Gasteiger partial charge is 0.495 e. The van der Waals surface area contributed by atoms with Crippen molar-refractivity contribution in [3.8, 4) is 11.8 Å². The molecule has 0 saturated heterocycles. The first-order valence-electron chi connectivity index (χ1n) is 7.75. The number of methoxy groups -OCH3 is 1. The summed E-state index contributed by atoms with van der Waals surface area (Å²) in [7, 11) is 1.58. The van der Waals surface area contributed by atoms with Gasteiger partial charge < -0.3 is 15.4 Å². The molecule has 0 unspecified atom stereocenters. The summed E-state index contributed by atoms with van der Waals surface area (Å²) < 4.78 is 5.27. The van der Waals surface area contributed by atoms with Crippen molar-refractivity contribution >= 4 is 23.1 Å². The smallest absolute Gasteiger partial charge is 0.276 e. The molecule has 7 heteroatoms. The molecule has 0 aliphatic heterocycles. The van der Waals surface area contributed by atoms with E-state index in [1.54, 1.807) is 43.5 Å². The summed E-state index contributed by atoms with van der Waals surface area (Å²) in [6.45, 7) is 0. The summed E-state index contributed by atoms with van der Waals surface area (Å²) in [4.78, 5) is 12.2. The van der Waals surface area contributed by atoms with Gasteiger partial charge in [-0.25, -0.2) is 0 Å². The van der Waals surface area contributed by atoms with Gasteiger partial charge in [-0.1, -0.05) is 18.2 Å². The van der Waals surface area contributed by atoms with Crippen molar-refractivity contribution in [3.05, 3.63) is 71.9 Å². The van der Waals surface area contributed by atoms with Gasteiger partial charge in [-0.05, 0) is 42.5 Å². The molecule has 26 heavy (non-hydrogen) atoms. The van der Waals surface area contributed by atoms with E-state index in [4.69, 9.17) is 10.00 Å². The molecular formula is C19H15N5O2. The minimum atomic E-state index is -0.406. The number of para-hydroxylation sites is 2. The number of anilines is 3. The van der Waals surface area contributed by atoms with E-state index in [1.165, 1.54) is 0 Å². The van der Waals surface area contributed by atoms with Gasteiger partial charge in [-0.2, -0.15) is 5.26 Å². The molecule has 0 radical (unpaired) electrons. The number of benzene rings is 2. The molecule has 3 rings (SSSR count). The average Bonchev–Trinajstić information content (AvgIpc) is 2.69. The Labute approximate surface area is 150 Å². The topological polar surface area (TPSA) is 99.9 Å². The zero-order chi connectivity index (χ0) is 18.4. The van der Waals surface area contributed by atoms with E-state index in [1.807, 2.05) is 30.3 Å². The second-order valence-electron chi connectivity index (χ2n) is 5.28. The SMILES string of the molecule is COc1ccccc1Nc1ccc(C(=O)Nc2cccc(C#N)c2)nn1. The Balaban J connectivity index is 1.70. The highest BCUT2D eigenvalue weighted by Gasteiger charge is 2.10. The Kier molecular flexibility index (Phi) is 5.05. The fourth-order valence-electron chi connectivity index (χ4n) is 2.27. The average molecular weight is 345 g/mol. The van der Waals surface area contributed by atoms with Gasteiger partial charge in [0.25, 0.3) is 5.91 Å². The van der Waals surface area contributed by atoms with Crippen LogP contribution in [0.2, 0.25) is 0 Å². The molecule has 128 valence electrons. The molecule has 1 aromatic heterocycles. The summed E-state index contributed by atoms with van der Waals surface area (Å²) in [5.74, 6) is 0.752. The third-order valence-corrected chi connectivity index (χ3v) is 3.52. The van der Waals surface area contributed by atoms with Gasteiger partial charge in [-0.3, -0.25) is 4.79 Å². The number of amides is 1. The molecule has 0 aliphatic carbocycles. The molecule has 2 N–H and O–H groups in total. The molecule has 0 spiro atoms. The fourth-order valence-corrected chi connectivity index (χ4v) is 2.27. The number of hydrogen-bond donors (Lipinski definition) is 2. The van der Waals surface area contributed by atoms with Gasteiger partial charge in [0.2, 0.25) is 0 Å². The van der Waals surface area contributed by atoms with E-state index in [9.17, 15) is 4.79 Å². The Hall–Kier alpha value is -3.92. The first-order chi connectivity index (χ1) is 12.7.